The number of aryl methyl sites for hydroxylation is 1. The number of rotatable bonds is 3. The van der Waals surface area contributed by atoms with Crippen molar-refractivity contribution < 1.29 is 4.79 Å². The summed E-state index contributed by atoms with van der Waals surface area (Å²) in [5.41, 5.74) is 1.32. The Morgan fingerprint density at radius 3 is 3.06 bits per heavy atom. The highest BCUT2D eigenvalue weighted by molar-refractivity contribution is 9.10. The van der Waals surface area contributed by atoms with Gasteiger partial charge in [0.2, 0.25) is 0 Å². The van der Waals surface area contributed by atoms with Crippen LogP contribution in [0, 0.1) is 0 Å². The van der Waals surface area contributed by atoms with Gasteiger partial charge in [0.05, 0.1) is 11.9 Å². The van der Waals surface area contributed by atoms with Gasteiger partial charge in [0.25, 0.3) is 5.91 Å². The number of pyridine rings is 1. The fourth-order valence-electron chi connectivity index (χ4n) is 1.56. The van der Waals surface area contributed by atoms with Crippen molar-refractivity contribution in [2.45, 2.75) is 13.5 Å². The van der Waals surface area contributed by atoms with E-state index in [1.54, 1.807) is 30.6 Å². The van der Waals surface area contributed by atoms with E-state index >= 15 is 0 Å². The Hall–Kier alpha value is -1.62. The summed E-state index contributed by atoms with van der Waals surface area (Å²) >= 11 is 3.36. The largest absolute Gasteiger partial charge is 0.343 e. The molecule has 0 saturated heterocycles. The number of anilines is 1. The number of amides is 1. The van der Waals surface area contributed by atoms with Gasteiger partial charge < -0.3 is 9.88 Å². The van der Waals surface area contributed by atoms with E-state index in [0.717, 1.165) is 11.0 Å². The van der Waals surface area contributed by atoms with Gasteiger partial charge in [-0.1, -0.05) is 0 Å². The smallest absolute Gasteiger partial charge is 0.272 e. The summed E-state index contributed by atoms with van der Waals surface area (Å²) < 4.78 is 2.78. The molecule has 1 amide bonds. The van der Waals surface area contributed by atoms with E-state index in [1.165, 1.54) is 0 Å². The minimum atomic E-state index is -0.134. The number of hydrogen-bond donors (Lipinski definition) is 1. The monoisotopic (exact) mass is 293 g/mol. The second-order valence-corrected chi connectivity index (χ2v) is 4.44. The zero-order valence-corrected chi connectivity index (χ0v) is 10.9. The summed E-state index contributed by atoms with van der Waals surface area (Å²) in [6.07, 6.45) is 5.17. The van der Waals surface area contributed by atoms with Crippen molar-refractivity contribution in [2.24, 2.45) is 0 Å². The molecule has 0 aliphatic carbocycles. The summed E-state index contributed by atoms with van der Waals surface area (Å²) in [4.78, 5) is 16.0. The highest BCUT2D eigenvalue weighted by Crippen LogP contribution is 2.16. The Labute approximate surface area is 108 Å². The minimum Gasteiger partial charge on any atom is -0.343 e. The number of aromatic nitrogens is 2. The first-order valence-electron chi connectivity index (χ1n) is 5.27. The first kappa shape index (κ1) is 11.9. The molecule has 2 rings (SSSR count). The van der Waals surface area contributed by atoms with Crippen molar-refractivity contribution in [1.29, 1.82) is 0 Å². The maximum atomic E-state index is 12.0. The van der Waals surface area contributed by atoms with Gasteiger partial charge in [0.15, 0.2) is 0 Å². The Kier molecular flexibility index (Phi) is 3.58. The van der Waals surface area contributed by atoms with E-state index in [0.29, 0.717) is 11.4 Å². The molecule has 0 atom stereocenters. The number of hydrogen-bond acceptors (Lipinski definition) is 2. The van der Waals surface area contributed by atoms with E-state index in [2.05, 4.69) is 26.2 Å². The fourth-order valence-corrected chi connectivity index (χ4v) is 2.02. The van der Waals surface area contributed by atoms with E-state index in [1.807, 2.05) is 17.7 Å². The molecule has 0 spiro atoms. The molecule has 4 nitrogen and oxygen atoms in total. The molecule has 5 heteroatoms. The van der Waals surface area contributed by atoms with Gasteiger partial charge in [-0.2, -0.15) is 0 Å². The summed E-state index contributed by atoms with van der Waals surface area (Å²) in [6, 6.07) is 5.39. The van der Waals surface area contributed by atoms with Crippen LogP contribution in [0.2, 0.25) is 0 Å². The van der Waals surface area contributed by atoms with Crippen LogP contribution < -0.4 is 5.32 Å². The number of nitrogens with zero attached hydrogens (tertiary/aromatic N) is 2. The fraction of sp³-hybridized carbons (Fsp3) is 0.167. The van der Waals surface area contributed by atoms with Crippen LogP contribution in [-0.4, -0.2) is 15.5 Å². The standard InChI is InChI=1S/C12H12BrN3O/c1-2-16-8-9(13)6-11(16)12(17)15-10-4-3-5-14-7-10/h3-8H,2H2,1H3,(H,15,17). The van der Waals surface area contributed by atoms with E-state index in [9.17, 15) is 4.79 Å². The van der Waals surface area contributed by atoms with E-state index in [4.69, 9.17) is 0 Å². The molecule has 2 aromatic heterocycles. The maximum absolute atomic E-state index is 12.0. The Balaban J connectivity index is 2.20. The molecule has 0 fully saturated rings. The lowest BCUT2D eigenvalue weighted by molar-refractivity contribution is 0.101. The van der Waals surface area contributed by atoms with Crippen molar-refractivity contribution in [1.82, 2.24) is 9.55 Å². The van der Waals surface area contributed by atoms with Crippen molar-refractivity contribution in [3.8, 4) is 0 Å². The molecular formula is C12H12BrN3O. The summed E-state index contributed by atoms with van der Waals surface area (Å²) in [5.74, 6) is -0.134. The molecule has 0 bridgehead atoms. The zero-order valence-electron chi connectivity index (χ0n) is 9.35. The molecule has 2 heterocycles. The molecule has 0 unspecified atom stereocenters. The SMILES string of the molecule is CCn1cc(Br)cc1C(=O)Nc1cccnc1. The van der Waals surface area contributed by atoms with Gasteiger partial charge in [0.1, 0.15) is 5.69 Å². The third-order valence-electron chi connectivity index (χ3n) is 2.36. The topological polar surface area (TPSA) is 46.9 Å². The lowest BCUT2D eigenvalue weighted by Gasteiger charge is -2.06. The van der Waals surface area contributed by atoms with Gasteiger partial charge in [0, 0.05) is 23.4 Å². The Morgan fingerprint density at radius 2 is 2.41 bits per heavy atom. The number of carbonyl (C=O) groups excluding carboxylic acids is 1. The van der Waals surface area contributed by atoms with Crippen LogP contribution in [0.1, 0.15) is 17.4 Å². The first-order chi connectivity index (χ1) is 8.20. The number of carbonyl (C=O) groups is 1. The van der Waals surface area contributed by atoms with Gasteiger partial charge in [-0.15, -0.1) is 0 Å². The molecule has 0 saturated carbocycles. The van der Waals surface area contributed by atoms with Crippen LogP contribution in [-0.2, 0) is 6.54 Å². The Morgan fingerprint density at radius 1 is 1.59 bits per heavy atom. The van der Waals surface area contributed by atoms with Crippen molar-refractivity contribution in [3.63, 3.8) is 0 Å². The van der Waals surface area contributed by atoms with Crippen LogP contribution in [0.25, 0.3) is 0 Å². The number of nitrogens with one attached hydrogen (secondary N) is 1. The van der Waals surface area contributed by atoms with Gasteiger partial charge in [-0.05, 0) is 41.1 Å². The molecule has 1 N–H and O–H groups in total. The predicted molar refractivity (Wildman–Crippen MR) is 70.0 cm³/mol. The molecule has 0 aliphatic heterocycles. The average Bonchev–Trinajstić information content (AvgIpc) is 2.72. The Bertz CT molecular complexity index is 522. The second-order valence-electron chi connectivity index (χ2n) is 3.53. The normalized spacial score (nSPS) is 10.2. The predicted octanol–water partition coefficient (Wildman–Crippen LogP) is 2.92. The quantitative estimate of drug-likeness (QED) is 0.946. The third-order valence-corrected chi connectivity index (χ3v) is 2.79. The molecule has 0 aromatic carbocycles. The molecule has 2 aromatic rings. The summed E-state index contributed by atoms with van der Waals surface area (Å²) in [5, 5.41) is 2.80. The van der Waals surface area contributed by atoms with Crippen LogP contribution in [0.4, 0.5) is 5.69 Å². The van der Waals surface area contributed by atoms with Crippen LogP contribution >= 0.6 is 15.9 Å². The molecule has 17 heavy (non-hydrogen) atoms. The summed E-state index contributed by atoms with van der Waals surface area (Å²) in [7, 11) is 0. The highest BCUT2D eigenvalue weighted by atomic mass is 79.9. The van der Waals surface area contributed by atoms with Gasteiger partial charge >= 0.3 is 0 Å². The zero-order chi connectivity index (χ0) is 12.3. The van der Waals surface area contributed by atoms with Crippen LogP contribution in [0.5, 0.6) is 0 Å². The maximum Gasteiger partial charge on any atom is 0.272 e. The molecule has 0 aliphatic rings. The van der Waals surface area contributed by atoms with Crippen molar-refractivity contribution in [3.05, 3.63) is 47.0 Å². The first-order valence-corrected chi connectivity index (χ1v) is 6.07. The van der Waals surface area contributed by atoms with Gasteiger partial charge in [-0.3, -0.25) is 9.78 Å². The highest BCUT2D eigenvalue weighted by Gasteiger charge is 2.12. The lowest BCUT2D eigenvalue weighted by Crippen LogP contribution is -2.16. The van der Waals surface area contributed by atoms with Crippen LogP contribution in [0.3, 0.4) is 0 Å². The molecular weight excluding hydrogens is 282 g/mol. The average molecular weight is 294 g/mol. The van der Waals surface area contributed by atoms with Crippen molar-refractivity contribution >= 4 is 27.5 Å². The molecule has 88 valence electrons. The van der Waals surface area contributed by atoms with E-state index in [-0.39, 0.29) is 5.91 Å². The van der Waals surface area contributed by atoms with Crippen LogP contribution in [0.15, 0.2) is 41.3 Å². The van der Waals surface area contributed by atoms with E-state index < -0.39 is 0 Å². The number of halogens is 1. The second kappa shape index (κ2) is 5.14. The minimum absolute atomic E-state index is 0.134. The molecule has 0 radical (unpaired) electrons. The lowest BCUT2D eigenvalue weighted by atomic mass is 10.3. The van der Waals surface area contributed by atoms with Crippen molar-refractivity contribution in [2.75, 3.05) is 5.32 Å². The summed E-state index contributed by atoms with van der Waals surface area (Å²) in [6.45, 7) is 2.74. The van der Waals surface area contributed by atoms with Gasteiger partial charge in [-0.25, -0.2) is 0 Å². The third kappa shape index (κ3) is 2.74.